The average molecular weight is 240 g/mol. The number of nitrogens with one attached hydrogen (secondary N) is 1. The highest BCUT2D eigenvalue weighted by molar-refractivity contribution is 5.79. The maximum atomic E-state index is 12.0. The molecule has 0 aromatic carbocycles. The van der Waals surface area contributed by atoms with Crippen molar-refractivity contribution in [2.24, 2.45) is 23.0 Å². The largest absolute Gasteiger partial charge is 0.354 e. The fourth-order valence-electron chi connectivity index (χ4n) is 2.76. The van der Waals surface area contributed by atoms with Crippen molar-refractivity contribution in [1.29, 1.82) is 0 Å². The van der Waals surface area contributed by atoms with Gasteiger partial charge in [-0.05, 0) is 30.6 Å². The average Bonchev–Trinajstić information content (AvgIpc) is 2.58. The molecule has 3 nitrogen and oxygen atoms in total. The smallest absolute Gasteiger partial charge is 0.223 e. The Morgan fingerprint density at radius 1 is 1.41 bits per heavy atom. The summed E-state index contributed by atoms with van der Waals surface area (Å²) in [5.41, 5.74) is 6.25. The van der Waals surface area contributed by atoms with Gasteiger partial charge in [0.2, 0.25) is 5.91 Å². The van der Waals surface area contributed by atoms with Gasteiger partial charge in [0.25, 0.3) is 0 Å². The van der Waals surface area contributed by atoms with Gasteiger partial charge in [-0.3, -0.25) is 4.79 Å². The lowest BCUT2D eigenvalue weighted by Gasteiger charge is -2.24. The zero-order valence-electron chi connectivity index (χ0n) is 11.8. The van der Waals surface area contributed by atoms with E-state index in [9.17, 15) is 4.79 Å². The second-order valence-corrected chi connectivity index (χ2v) is 6.78. The van der Waals surface area contributed by atoms with Crippen LogP contribution in [0.1, 0.15) is 53.4 Å². The van der Waals surface area contributed by atoms with Crippen molar-refractivity contribution in [2.75, 3.05) is 6.54 Å². The van der Waals surface area contributed by atoms with Crippen LogP contribution in [0.5, 0.6) is 0 Å². The Morgan fingerprint density at radius 3 is 2.53 bits per heavy atom. The van der Waals surface area contributed by atoms with E-state index in [-0.39, 0.29) is 23.3 Å². The molecule has 1 fully saturated rings. The van der Waals surface area contributed by atoms with Crippen LogP contribution in [0.25, 0.3) is 0 Å². The van der Waals surface area contributed by atoms with Crippen LogP contribution in [0.2, 0.25) is 0 Å². The van der Waals surface area contributed by atoms with Crippen molar-refractivity contribution >= 4 is 5.91 Å². The summed E-state index contributed by atoms with van der Waals surface area (Å²) in [5, 5.41) is 3.01. The molecule has 1 saturated carbocycles. The maximum Gasteiger partial charge on any atom is 0.223 e. The molecule has 3 unspecified atom stereocenters. The van der Waals surface area contributed by atoms with E-state index in [0.29, 0.717) is 12.5 Å². The number of hydrogen-bond donors (Lipinski definition) is 2. The summed E-state index contributed by atoms with van der Waals surface area (Å²) in [7, 11) is 0. The molecule has 0 aromatic rings. The van der Waals surface area contributed by atoms with Gasteiger partial charge in [0.15, 0.2) is 0 Å². The summed E-state index contributed by atoms with van der Waals surface area (Å²) < 4.78 is 0. The molecule has 0 aliphatic heterocycles. The van der Waals surface area contributed by atoms with Crippen LogP contribution in [-0.2, 0) is 4.79 Å². The number of rotatable bonds is 4. The Morgan fingerprint density at radius 2 is 2.06 bits per heavy atom. The molecule has 17 heavy (non-hydrogen) atoms. The van der Waals surface area contributed by atoms with Gasteiger partial charge < -0.3 is 11.1 Å². The predicted octanol–water partition coefficient (Wildman–Crippen LogP) is 2.30. The Labute approximate surface area is 106 Å². The van der Waals surface area contributed by atoms with E-state index < -0.39 is 0 Å². The summed E-state index contributed by atoms with van der Waals surface area (Å²) in [5.74, 6) is 0.963. The van der Waals surface area contributed by atoms with E-state index in [1.807, 2.05) is 0 Å². The van der Waals surface area contributed by atoms with E-state index in [1.165, 1.54) is 12.8 Å². The predicted molar refractivity (Wildman–Crippen MR) is 71.6 cm³/mol. The van der Waals surface area contributed by atoms with Gasteiger partial charge in [-0.1, -0.05) is 34.1 Å². The van der Waals surface area contributed by atoms with Crippen molar-refractivity contribution < 1.29 is 4.79 Å². The molecule has 3 heteroatoms. The van der Waals surface area contributed by atoms with Gasteiger partial charge in [0.05, 0.1) is 0 Å². The van der Waals surface area contributed by atoms with Crippen molar-refractivity contribution in [1.82, 2.24) is 5.32 Å². The van der Waals surface area contributed by atoms with Crippen LogP contribution in [-0.4, -0.2) is 18.5 Å². The second-order valence-electron chi connectivity index (χ2n) is 6.78. The minimum absolute atomic E-state index is 0.0654. The van der Waals surface area contributed by atoms with Crippen LogP contribution in [0.3, 0.4) is 0 Å². The van der Waals surface area contributed by atoms with E-state index in [1.54, 1.807) is 0 Å². The fourth-order valence-corrected chi connectivity index (χ4v) is 2.76. The molecule has 3 N–H and O–H groups in total. The molecule has 100 valence electrons. The SMILES string of the molecule is CC1CCCC1C(=O)NCC(N)CC(C)(C)C. The van der Waals surface area contributed by atoms with Crippen LogP contribution < -0.4 is 11.1 Å². The van der Waals surface area contributed by atoms with Crippen LogP contribution in [0.4, 0.5) is 0 Å². The number of hydrogen-bond acceptors (Lipinski definition) is 2. The number of carbonyl (C=O) groups is 1. The second kappa shape index (κ2) is 5.85. The Hall–Kier alpha value is -0.570. The molecule has 0 radical (unpaired) electrons. The molecule has 1 aliphatic rings. The van der Waals surface area contributed by atoms with Gasteiger partial charge in [0, 0.05) is 18.5 Å². The van der Waals surface area contributed by atoms with Crippen molar-refractivity contribution in [3.63, 3.8) is 0 Å². The van der Waals surface area contributed by atoms with E-state index in [4.69, 9.17) is 5.73 Å². The van der Waals surface area contributed by atoms with Crippen molar-refractivity contribution in [3.05, 3.63) is 0 Å². The molecular formula is C14H28N2O. The van der Waals surface area contributed by atoms with Gasteiger partial charge in [-0.25, -0.2) is 0 Å². The molecule has 0 saturated heterocycles. The summed E-state index contributed by atoms with van der Waals surface area (Å²) in [6.07, 6.45) is 4.36. The zero-order valence-corrected chi connectivity index (χ0v) is 11.8. The number of nitrogens with two attached hydrogens (primary N) is 1. The topological polar surface area (TPSA) is 55.1 Å². The molecular weight excluding hydrogens is 212 g/mol. The molecule has 1 amide bonds. The first-order valence-corrected chi connectivity index (χ1v) is 6.83. The molecule has 0 bridgehead atoms. The highest BCUT2D eigenvalue weighted by atomic mass is 16.1. The first kappa shape index (κ1) is 14.5. The highest BCUT2D eigenvalue weighted by Crippen LogP contribution is 2.31. The minimum atomic E-state index is 0.0654. The van der Waals surface area contributed by atoms with Crippen LogP contribution >= 0.6 is 0 Å². The molecule has 3 atom stereocenters. The summed E-state index contributed by atoms with van der Waals surface area (Å²) in [4.78, 5) is 12.0. The van der Waals surface area contributed by atoms with Crippen LogP contribution in [0, 0.1) is 17.3 Å². The van der Waals surface area contributed by atoms with E-state index in [2.05, 4.69) is 33.0 Å². The first-order chi connectivity index (χ1) is 7.79. The summed E-state index contributed by atoms with van der Waals surface area (Å²) >= 11 is 0. The van der Waals surface area contributed by atoms with E-state index in [0.717, 1.165) is 12.8 Å². The third kappa shape index (κ3) is 5.07. The molecule has 1 aliphatic carbocycles. The lowest BCUT2D eigenvalue weighted by molar-refractivity contribution is -0.125. The maximum absolute atomic E-state index is 12.0. The quantitative estimate of drug-likeness (QED) is 0.792. The molecule has 1 rings (SSSR count). The van der Waals surface area contributed by atoms with Gasteiger partial charge in [-0.2, -0.15) is 0 Å². The first-order valence-electron chi connectivity index (χ1n) is 6.83. The van der Waals surface area contributed by atoms with Crippen LogP contribution in [0.15, 0.2) is 0 Å². The third-order valence-corrected chi connectivity index (χ3v) is 3.61. The van der Waals surface area contributed by atoms with Gasteiger partial charge in [0.1, 0.15) is 0 Å². The van der Waals surface area contributed by atoms with Crippen molar-refractivity contribution in [2.45, 2.75) is 59.4 Å². The zero-order chi connectivity index (χ0) is 13.1. The third-order valence-electron chi connectivity index (χ3n) is 3.61. The Bertz CT molecular complexity index is 257. The number of carbonyl (C=O) groups excluding carboxylic acids is 1. The number of amides is 1. The Kier molecular flexibility index (Phi) is 4.99. The van der Waals surface area contributed by atoms with E-state index >= 15 is 0 Å². The van der Waals surface area contributed by atoms with Gasteiger partial charge >= 0.3 is 0 Å². The molecule has 0 aromatic heterocycles. The molecule has 0 spiro atoms. The highest BCUT2D eigenvalue weighted by Gasteiger charge is 2.29. The summed E-state index contributed by atoms with van der Waals surface area (Å²) in [6.45, 7) is 9.31. The van der Waals surface area contributed by atoms with Crippen molar-refractivity contribution in [3.8, 4) is 0 Å². The lowest BCUT2D eigenvalue weighted by Crippen LogP contribution is -2.42. The summed E-state index contributed by atoms with van der Waals surface area (Å²) in [6, 6.07) is 0.0654. The Balaban J connectivity index is 2.28. The fraction of sp³-hybridized carbons (Fsp3) is 0.929. The normalized spacial score (nSPS) is 26.9. The molecule has 0 heterocycles. The van der Waals surface area contributed by atoms with Gasteiger partial charge in [-0.15, -0.1) is 0 Å². The lowest BCUT2D eigenvalue weighted by atomic mass is 9.88. The minimum Gasteiger partial charge on any atom is -0.354 e. The monoisotopic (exact) mass is 240 g/mol. The standard InChI is InChI=1S/C14H28N2O/c1-10-6-5-7-12(10)13(17)16-9-11(15)8-14(2,3)4/h10-12H,5-9,15H2,1-4H3,(H,16,17).